The van der Waals surface area contributed by atoms with Gasteiger partial charge in [0.1, 0.15) is 11.5 Å². The number of nitro benzene ring substituents is 1. The second-order valence-electron chi connectivity index (χ2n) is 5.65. The Morgan fingerprint density at radius 2 is 1.37 bits per heavy atom. The van der Waals surface area contributed by atoms with Gasteiger partial charge in [0, 0.05) is 12.1 Å². The minimum absolute atomic E-state index is 0.158. The Morgan fingerprint density at radius 3 is 1.85 bits per heavy atom. The lowest BCUT2D eigenvalue weighted by Crippen LogP contribution is -2.18. The summed E-state index contributed by atoms with van der Waals surface area (Å²) in [5.74, 6) is -0.590. The Hall–Kier alpha value is -3.15. The molecule has 0 radical (unpaired) electrons. The molecular formula is C19H17N2O5P. The summed E-state index contributed by atoms with van der Waals surface area (Å²) in [6.07, 6.45) is 0. The van der Waals surface area contributed by atoms with Crippen LogP contribution in [0, 0.1) is 10.1 Å². The molecule has 8 heteroatoms. The maximum Gasteiger partial charge on any atom is 0.451 e. The van der Waals surface area contributed by atoms with Gasteiger partial charge in [0.05, 0.1) is 4.92 Å². The lowest BCUT2D eigenvalue weighted by molar-refractivity contribution is -0.384. The second kappa shape index (κ2) is 8.03. The van der Waals surface area contributed by atoms with Gasteiger partial charge in [-0.3, -0.25) is 10.1 Å². The minimum Gasteiger partial charge on any atom is -0.415 e. The van der Waals surface area contributed by atoms with Gasteiger partial charge in [-0.15, -0.1) is 0 Å². The summed E-state index contributed by atoms with van der Waals surface area (Å²) in [7, 11) is -3.97. The number of nitrogens with zero attached hydrogens (tertiary/aromatic N) is 1. The first kappa shape index (κ1) is 18.6. The number of benzene rings is 3. The molecule has 138 valence electrons. The zero-order valence-corrected chi connectivity index (χ0v) is 15.1. The van der Waals surface area contributed by atoms with Crippen LogP contribution in [0.15, 0.2) is 84.9 Å². The number of hydrogen-bond donors (Lipinski definition) is 1. The standard InChI is InChI=1S/C19H17N2O5P/c20-19(15-8-7-9-16(14-15)21(22)23)27(24,25-17-10-3-1-4-11-17)26-18-12-5-2-6-13-18/h1-14,19H,20H2/t19-/m1/s1. The number of hydrogen-bond acceptors (Lipinski definition) is 6. The van der Waals surface area contributed by atoms with Gasteiger partial charge in [-0.05, 0) is 29.8 Å². The van der Waals surface area contributed by atoms with Crippen molar-refractivity contribution >= 4 is 13.3 Å². The Kier molecular flexibility index (Phi) is 5.54. The maximum absolute atomic E-state index is 13.6. The van der Waals surface area contributed by atoms with Crippen LogP contribution in [0.5, 0.6) is 11.5 Å². The second-order valence-corrected chi connectivity index (χ2v) is 7.65. The number of non-ortho nitro benzene ring substituents is 1. The first-order valence-electron chi connectivity index (χ1n) is 8.07. The third-order valence-corrected chi connectivity index (χ3v) is 5.63. The van der Waals surface area contributed by atoms with Crippen molar-refractivity contribution in [2.45, 2.75) is 5.78 Å². The topological polar surface area (TPSA) is 105 Å². The Morgan fingerprint density at radius 1 is 0.852 bits per heavy atom. The molecule has 1 atom stereocenters. The fourth-order valence-corrected chi connectivity index (χ4v) is 4.01. The summed E-state index contributed by atoms with van der Waals surface area (Å²) in [4.78, 5) is 10.5. The monoisotopic (exact) mass is 384 g/mol. The Labute approximate surface area is 156 Å². The average Bonchev–Trinajstić information content (AvgIpc) is 2.69. The molecule has 0 fully saturated rings. The SMILES string of the molecule is N[C@@H](c1cccc([N+](=O)[O-])c1)P(=O)(Oc1ccccc1)Oc1ccccc1. The molecular weight excluding hydrogens is 367 g/mol. The minimum atomic E-state index is -3.97. The van der Waals surface area contributed by atoms with Gasteiger partial charge in [0.15, 0.2) is 5.78 Å². The van der Waals surface area contributed by atoms with Gasteiger partial charge >= 0.3 is 7.60 Å². The lowest BCUT2D eigenvalue weighted by atomic mass is 10.2. The van der Waals surface area contributed by atoms with E-state index < -0.39 is 18.3 Å². The molecule has 0 saturated heterocycles. The van der Waals surface area contributed by atoms with Crippen LogP contribution in [0.4, 0.5) is 5.69 Å². The number of nitro groups is 1. The first-order valence-corrected chi connectivity index (χ1v) is 9.68. The summed E-state index contributed by atoms with van der Waals surface area (Å²) in [5.41, 5.74) is 6.32. The lowest BCUT2D eigenvalue weighted by Gasteiger charge is -2.25. The van der Waals surface area contributed by atoms with Crippen molar-refractivity contribution in [3.8, 4) is 11.5 Å². The fourth-order valence-electron chi connectivity index (χ4n) is 2.39. The van der Waals surface area contributed by atoms with Crippen LogP contribution >= 0.6 is 7.60 Å². The number of nitrogens with two attached hydrogens (primary N) is 1. The zero-order valence-electron chi connectivity index (χ0n) is 14.2. The van der Waals surface area contributed by atoms with E-state index in [1.54, 1.807) is 66.7 Å². The van der Waals surface area contributed by atoms with E-state index in [0.717, 1.165) is 0 Å². The summed E-state index contributed by atoms with van der Waals surface area (Å²) in [6.45, 7) is 0. The molecule has 0 bridgehead atoms. The van der Waals surface area contributed by atoms with Gasteiger partial charge in [0.2, 0.25) is 0 Å². The third-order valence-electron chi connectivity index (χ3n) is 3.71. The van der Waals surface area contributed by atoms with Gasteiger partial charge in [-0.1, -0.05) is 48.5 Å². The van der Waals surface area contributed by atoms with Gasteiger partial charge in [0.25, 0.3) is 5.69 Å². The number of para-hydroxylation sites is 2. The molecule has 2 N–H and O–H groups in total. The molecule has 27 heavy (non-hydrogen) atoms. The van der Waals surface area contributed by atoms with E-state index in [2.05, 4.69) is 0 Å². The first-order chi connectivity index (χ1) is 13.0. The molecule has 0 aromatic heterocycles. The normalized spacial score (nSPS) is 12.2. The molecule has 0 saturated carbocycles. The van der Waals surface area contributed by atoms with Crippen LogP contribution in [0.1, 0.15) is 11.3 Å². The average molecular weight is 384 g/mol. The third kappa shape index (κ3) is 4.53. The van der Waals surface area contributed by atoms with E-state index in [9.17, 15) is 14.7 Å². The van der Waals surface area contributed by atoms with Crippen molar-refractivity contribution in [2.24, 2.45) is 5.73 Å². The summed E-state index contributed by atoms with van der Waals surface area (Å²) in [5, 5.41) is 11.0. The molecule has 0 amide bonds. The van der Waals surface area contributed by atoms with Crippen molar-refractivity contribution in [2.75, 3.05) is 0 Å². The maximum atomic E-state index is 13.6. The molecule has 0 unspecified atom stereocenters. The smallest absolute Gasteiger partial charge is 0.415 e. The highest BCUT2D eigenvalue weighted by molar-refractivity contribution is 7.55. The van der Waals surface area contributed by atoms with Crippen LogP contribution < -0.4 is 14.8 Å². The van der Waals surface area contributed by atoms with E-state index in [1.807, 2.05) is 0 Å². The summed E-state index contributed by atoms with van der Waals surface area (Å²) in [6, 6.07) is 22.6. The number of rotatable bonds is 7. The Balaban J connectivity index is 1.99. The quantitative estimate of drug-likeness (QED) is 0.353. The van der Waals surface area contributed by atoms with Crippen molar-refractivity contribution in [1.29, 1.82) is 0 Å². The molecule has 0 aliphatic heterocycles. The van der Waals surface area contributed by atoms with Crippen LogP contribution in [0.25, 0.3) is 0 Å². The van der Waals surface area contributed by atoms with E-state index in [-0.39, 0.29) is 11.3 Å². The molecule has 0 heterocycles. The van der Waals surface area contributed by atoms with E-state index in [1.165, 1.54) is 18.2 Å². The molecule has 3 rings (SSSR count). The van der Waals surface area contributed by atoms with Crippen LogP contribution in [-0.2, 0) is 4.57 Å². The highest BCUT2D eigenvalue weighted by Crippen LogP contribution is 2.57. The molecule has 3 aromatic carbocycles. The van der Waals surface area contributed by atoms with Gasteiger partial charge in [-0.25, -0.2) is 4.57 Å². The molecule has 3 aromatic rings. The van der Waals surface area contributed by atoms with Gasteiger partial charge < -0.3 is 14.8 Å². The predicted octanol–water partition coefficient (Wildman–Crippen LogP) is 4.90. The van der Waals surface area contributed by atoms with Crippen LogP contribution in [0.3, 0.4) is 0 Å². The van der Waals surface area contributed by atoms with Crippen molar-refractivity contribution in [3.63, 3.8) is 0 Å². The largest absolute Gasteiger partial charge is 0.451 e. The predicted molar refractivity (Wildman–Crippen MR) is 102 cm³/mol. The fraction of sp³-hybridized carbons (Fsp3) is 0.0526. The van der Waals surface area contributed by atoms with Crippen molar-refractivity contribution in [1.82, 2.24) is 0 Å². The van der Waals surface area contributed by atoms with Crippen molar-refractivity contribution in [3.05, 3.63) is 101 Å². The molecule has 0 spiro atoms. The highest BCUT2D eigenvalue weighted by Gasteiger charge is 2.38. The van der Waals surface area contributed by atoms with Crippen LogP contribution in [-0.4, -0.2) is 4.92 Å². The van der Waals surface area contributed by atoms with E-state index >= 15 is 0 Å². The van der Waals surface area contributed by atoms with Crippen LogP contribution in [0.2, 0.25) is 0 Å². The van der Waals surface area contributed by atoms with Crippen molar-refractivity contribution < 1.29 is 18.5 Å². The summed E-state index contributed by atoms with van der Waals surface area (Å²) >= 11 is 0. The molecule has 0 aliphatic rings. The molecule has 7 nitrogen and oxygen atoms in total. The highest BCUT2D eigenvalue weighted by atomic mass is 31.2. The molecule has 0 aliphatic carbocycles. The van der Waals surface area contributed by atoms with E-state index in [4.69, 9.17) is 14.8 Å². The van der Waals surface area contributed by atoms with E-state index in [0.29, 0.717) is 11.5 Å². The van der Waals surface area contributed by atoms with Gasteiger partial charge in [-0.2, -0.15) is 0 Å². The summed E-state index contributed by atoms with van der Waals surface area (Å²) < 4.78 is 24.9. The Bertz CT molecular complexity index is 921. The zero-order chi connectivity index (χ0) is 19.3.